The molecule has 0 aliphatic rings. The normalized spacial score (nSPS) is 10.2. The predicted octanol–water partition coefficient (Wildman–Crippen LogP) is 3.27. The first-order valence-electron chi connectivity index (χ1n) is 5.95. The molecule has 0 fully saturated rings. The van der Waals surface area contributed by atoms with Crippen molar-refractivity contribution in [2.45, 2.75) is 13.5 Å². The van der Waals surface area contributed by atoms with Gasteiger partial charge in [-0.1, -0.05) is 39.7 Å². The average Bonchev–Trinajstić information content (AvgIpc) is 2.39. The monoisotopic (exact) mass is 318 g/mol. The van der Waals surface area contributed by atoms with E-state index in [1.54, 1.807) is 12.1 Å². The molecule has 0 aromatic heterocycles. The van der Waals surface area contributed by atoms with Crippen LogP contribution in [0, 0.1) is 6.92 Å². The number of nitrogens with two attached hydrogens (primary N) is 1. The maximum absolute atomic E-state index is 12.1. The van der Waals surface area contributed by atoms with Crippen molar-refractivity contribution >= 4 is 27.5 Å². The summed E-state index contributed by atoms with van der Waals surface area (Å²) in [5, 5.41) is 2.87. The number of halogens is 1. The van der Waals surface area contributed by atoms with Crippen molar-refractivity contribution in [3.05, 3.63) is 63.6 Å². The Labute approximate surface area is 121 Å². The fraction of sp³-hybridized carbons (Fsp3) is 0.133. The predicted molar refractivity (Wildman–Crippen MR) is 80.9 cm³/mol. The van der Waals surface area contributed by atoms with Crippen LogP contribution in [-0.2, 0) is 6.54 Å². The number of nitrogens with one attached hydrogen (secondary N) is 1. The standard InChI is InChI=1S/C15H15BrN2O/c1-10-5-6-14(17)13(7-10)15(19)18-9-11-3-2-4-12(16)8-11/h2-8H,9,17H2,1H3,(H,18,19). The number of benzene rings is 2. The highest BCUT2D eigenvalue weighted by Gasteiger charge is 2.09. The Hall–Kier alpha value is -1.81. The van der Waals surface area contributed by atoms with E-state index in [1.807, 2.05) is 37.3 Å². The molecule has 0 saturated heterocycles. The summed E-state index contributed by atoms with van der Waals surface area (Å²) >= 11 is 3.40. The molecule has 1 amide bonds. The summed E-state index contributed by atoms with van der Waals surface area (Å²) in [4.78, 5) is 12.1. The maximum atomic E-state index is 12.1. The van der Waals surface area contributed by atoms with E-state index in [0.29, 0.717) is 17.8 Å². The van der Waals surface area contributed by atoms with Gasteiger partial charge in [-0.15, -0.1) is 0 Å². The second-order valence-corrected chi connectivity index (χ2v) is 5.32. The lowest BCUT2D eigenvalue weighted by molar-refractivity contribution is 0.0951. The van der Waals surface area contributed by atoms with E-state index in [-0.39, 0.29) is 5.91 Å². The number of hydrogen-bond donors (Lipinski definition) is 2. The minimum absolute atomic E-state index is 0.152. The summed E-state index contributed by atoms with van der Waals surface area (Å²) in [5.74, 6) is -0.152. The van der Waals surface area contributed by atoms with Crippen molar-refractivity contribution in [3.63, 3.8) is 0 Å². The minimum atomic E-state index is -0.152. The number of nitrogen functional groups attached to an aromatic ring is 1. The summed E-state index contributed by atoms with van der Waals surface area (Å²) in [6, 6.07) is 13.3. The quantitative estimate of drug-likeness (QED) is 0.853. The first kappa shape index (κ1) is 13.6. The topological polar surface area (TPSA) is 55.1 Å². The third kappa shape index (κ3) is 3.58. The molecular weight excluding hydrogens is 304 g/mol. The van der Waals surface area contributed by atoms with Crippen LogP contribution < -0.4 is 11.1 Å². The van der Waals surface area contributed by atoms with Crippen molar-refractivity contribution in [2.75, 3.05) is 5.73 Å². The van der Waals surface area contributed by atoms with Gasteiger partial charge in [0.05, 0.1) is 5.56 Å². The Morgan fingerprint density at radius 2 is 2.05 bits per heavy atom. The number of anilines is 1. The lowest BCUT2D eigenvalue weighted by Crippen LogP contribution is -2.23. The molecular formula is C15H15BrN2O. The number of aryl methyl sites for hydroxylation is 1. The Bertz CT molecular complexity index is 611. The van der Waals surface area contributed by atoms with Crippen LogP contribution in [0.4, 0.5) is 5.69 Å². The van der Waals surface area contributed by atoms with Crippen LogP contribution in [0.15, 0.2) is 46.9 Å². The Balaban J connectivity index is 2.07. The lowest BCUT2D eigenvalue weighted by atomic mass is 10.1. The molecule has 3 N–H and O–H groups in total. The molecule has 2 aromatic carbocycles. The van der Waals surface area contributed by atoms with Crippen LogP contribution in [0.3, 0.4) is 0 Å². The zero-order chi connectivity index (χ0) is 13.8. The summed E-state index contributed by atoms with van der Waals surface area (Å²) in [7, 11) is 0. The van der Waals surface area contributed by atoms with E-state index >= 15 is 0 Å². The summed E-state index contributed by atoms with van der Waals surface area (Å²) < 4.78 is 0.995. The van der Waals surface area contributed by atoms with E-state index < -0.39 is 0 Å². The molecule has 0 aliphatic carbocycles. The summed E-state index contributed by atoms with van der Waals surface area (Å²) in [6.07, 6.45) is 0. The first-order valence-corrected chi connectivity index (χ1v) is 6.74. The SMILES string of the molecule is Cc1ccc(N)c(C(=O)NCc2cccc(Br)c2)c1. The van der Waals surface area contributed by atoms with Crippen molar-refractivity contribution < 1.29 is 4.79 Å². The smallest absolute Gasteiger partial charge is 0.253 e. The number of rotatable bonds is 3. The number of carbonyl (C=O) groups is 1. The van der Waals surface area contributed by atoms with Crippen LogP contribution in [0.5, 0.6) is 0 Å². The number of carbonyl (C=O) groups excluding carboxylic acids is 1. The van der Waals surface area contributed by atoms with Gasteiger partial charge < -0.3 is 11.1 Å². The summed E-state index contributed by atoms with van der Waals surface area (Å²) in [6.45, 7) is 2.41. The van der Waals surface area contributed by atoms with Gasteiger partial charge in [0.15, 0.2) is 0 Å². The van der Waals surface area contributed by atoms with Crippen LogP contribution in [-0.4, -0.2) is 5.91 Å². The molecule has 2 rings (SSSR count). The van der Waals surface area contributed by atoms with E-state index in [2.05, 4.69) is 21.2 Å². The van der Waals surface area contributed by atoms with E-state index in [9.17, 15) is 4.79 Å². The molecule has 3 nitrogen and oxygen atoms in total. The van der Waals surface area contributed by atoms with Crippen molar-refractivity contribution in [2.24, 2.45) is 0 Å². The van der Waals surface area contributed by atoms with Gasteiger partial charge in [0.25, 0.3) is 5.91 Å². The molecule has 0 unspecified atom stereocenters. The molecule has 2 aromatic rings. The van der Waals surface area contributed by atoms with Crippen LogP contribution in [0.2, 0.25) is 0 Å². The fourth-order valence-electron chi connectivity index (χ4n) is 1.79. The van der Waals surface area contributed by atoms with Crippen LogP contribution in [0.1, 0.15) is 21.5 Å². The van der Waals surface area contributed by atoms with E-state index in [0.717, 1.165) is 15.6 Å². The van der Waals surface area contributed by atoms with Crippen LogP contribution >= 0.6 is 15.9 Å². The van der Waals surface area contributed by atoms with E-state index in [1.165, 1.54) is 0 Å². The zero-order valence-corrected chi connectivity index (χ0v) is 12.2. The van der Waals surface area contributed by atoms with Gasteiger partial charge in [0.2, 0.25) is 0 Å². The fourth-order valence-corrected chi connectivity index (χ4v) is 2.24. The molecule has 19 heavy (non-hydrogen) atoms. The van der Waals surface area contributed by atoms with Gasteiger partial charge in [0.1, 0.15) is 0 Å². The Kier molecular flexibility index (Phi) is 4.22. The molecule has 0 bridgehead atoms. The second-order valence-electron chi connectivity index (χ2n) is 4.40. The minimum Gasteiger partial charge on any atom is -0.398 e. The maximum Gasteiger partial charge on any atom is 0.253 e. The van der Waals surface area contributed by atoms with E-state index in [4.69, 9.17) is 5.73 Å². The molecule has 0 heterocycles. The molecule has 0 spiro atoms. The van der Waals surface area contributed by atoms with Gasteiger partial charge in [-0.3, -0.25) is 4.79 Å². The second kappa shape index (κ2) is 5.89. The zero-order valence-electron chi connectivity index (χ0n) is 10.6. The van der Waals surface area contributed by atoms with Crippen molar-refractivity contribution in [1.82, 2.24) is 5.32 Å². The highest BCUT2D eigenvalue weighted by atomic mass is 79.9. The third-order valence-corrected chi connectivity index (χ3v) is 3.29. The number of hydrogen-bond acceptors (Lipinski definition) is 2. The van der Waals surface area contributed by atoms with Crippen LogP contribution in [0.25, 0.3) is 0 Å². The molecule has 0 saturated carbocycles. The summed E-state index contributed by atoms with van der Waals surface area (Å²) in [5.41, 5.74) is 8.89. The molecule has 98 valence electrons. The van der Waals surface area contributed by atoms with Gasteiger partial charge in [-0.2, -0.15) is 0 Å². The van der Waals surface area contributed by atoms with Gasteiger partial charge >= 0.3 is 0 Å². The Morgan fingerprint density at radius 1 is 1.26 bits per heavy atom. The van der Waals surface area contributed by atoms with Gasteiger partial charge in [-0.05, 0) is 36.8 Å². The largest absolute Gasteiger partial charge is 0.398 e. The van der Waals surface area contributed by atoms with Gasteiger partial charge in [-0.25, -0.2) is 0 Å². The first-order chi connectivity index (χ1) is 9.06. The number of amides is 1. The van der Waals surface area contributed by atoms with Crippen molar-refractivity contribution in [1.29, 1.82) is 0 Å². The Morgan fingerprint density at radius 3 is 2.79 bits per heavy atom. The van der Waals surface area contributed by atoms with Gasteiger partial charge in [0, 0.05) is 16.7 Å². The molecule has 0 atom stereocenters. The third-order valence-electron chi connectivity index (χ3n) is 2.80. The molecule has 0 aliphatic heterocycles. The van der Waals surface area contributed by atoms with Crippen molar-refractivity contribution in [3.8, 4) is 0 Å². The lowest BCUT2D eigenvalue weighted by Gasteiger charge is -2.08. The highest BCUT2D eigenvalue weighted by molar-refractivity contribution is 9.10. The average molecular weight is 319 g/mol. The highest BCUT2D eigenvalue weighted by Crippen LogP contribution is 2.14. The molecule has 4 heteroatoms. The molecule has 0 radical (unpaired) electrons.